The van der Waals surface area contributed by atoms with E-state index < -0.39 is 0 Å². The molecule has 0 heterocycles. The lowest BCUT2D eigenvalue weighted by Gasteiger charge is -2.16. The molecule has 0 fully saturated rings. The van der Waals surface area contributed by atoms with E-state index in [9.17, 15) is 0 Å². The topological polar surface area (TPSA) is 49.8 Å². The van der Waals surface area contributed by atoms with Gasteiger partial charge in [-0.25, -0.2) is 0 Å². The van der Waals surface area contributed by atoms with Gasteiger partial charge < -0.3 is 5.64 Å². The van der Waals surface area contributed by atoms with Crippen molar-refractivity contribution in [1.82, 2.24) is 0 Å². The van der Waals surface area contributed by atoms with Gasteiger partial charge >= 0.3 is 0 Å². The van der Waals surface area contributed by atoms with Crippen LogP contribution in [0.25, 0.3) is 5.57 Å². The first kappa shape index (κ1) is 13.5. The summed E-state index contributed by atoms with van der Waals surface area (Å²) < 4.78 is 0. The summed E-state index contributed by atoms with van der Waals surface area (Å²) in [6.07, 6.45) is 0.941. The van der Waals surface area contributed by atoms with Crippen LogP contribution in [0.1, 0.15) is 23.6 Å². The van der Waals surface area contributed by atoms with Gasteiger partial charge in [0, 0.05) is 0 Å². The normalized spacial score (nSPS) is 11.7. The number of benzene rings is 1. The monoisotopic (exact) mass is 226 g/mol. The molecule has 88 valence electrons. The van der Waals surface area contributed by atoms with Crippen LogP contribution in [0.3, 0.4) is 0 Å². The zero-order valence-electron chi connectivity index (χ0n) is 10.8. The molecule has 1 unspecified atom stereocenters. The summed E-state index contributed by atoms with van der Waals surface area (Å²) in [7, 11) is 0. The molecule has 2 nitrogen and oxygen atoms in total. The third-order valence-corrected chi connectivity index (χ3v) is 3.35. The first-order chi connectivity index (χ1) is 7.97. The lowest BCUT2D eigenvalue weighted by atomic mass is 9.54. The first-order valence-electron chi connectivity index (χ1n) is 5.90. The summed E-state index contributed by atoms with van der Waals surface area (Å²) >= 11 is 0. The Morgan fingerprint density at radius 2 is 2.24 bits per heavy atom. The highest BCUT2D eigenvalue weighted by Gasteiger charge is 2.14. The molecular weight excluding hydrogens is 207 g/mol. The number of hydrogen-bond donors (Lipinski definition) is 1. The molecule has 17 heavy (non-hydrogen) atoms. The van der Waals surface area contributed by atoms with Crippen molar-refractivity contribution < 1.29 is 0 Å². The number of nitrogens with two attached hydrogens (primary N) is 1. The fourth-order valence-electron chi connectivity index (χ4n) is 1.82. The van der Waals surface area contributed by atoms with E-state index in [1.807, 2.05) is 25.9 Å². The average molecular weight is 226 g/mol. The smallest absolute Gasteiger partial charge is 0.217 e. The molecule has 1 aromatic rings. The lowest BCUT2D eigenvalue weighted by Crippen LogP contribution is -2.27. The number of nitriles is 1. The van der Waals surface area contributed by atoms with Gasteiger partial charge in [0.2, 0.25) is 6.85 Å². The van der Waals surface area contributed by atoms with E-state index in [4.69, 9.17) is 10.9 Å². The summed E-state index contributed by atoms with van der Waals surface area (Å²) in [5.41, 5.74) is 9.76. The zero-order valence-corrected chi connectivity index (χ0v) is 10.8. The first-order valence-corrected chi connectivity index (χ1v) is 5.90. The molecule has 0 saturated heterocycles. The lowest BCUT2D eigenvalue weighted by molar-refractivity contribution is 0.879. The van der Waals surface area contributed by atoms with Crippen LogP contribution in [-0.2, 0) is 6.42 Å². The second-order valence-electron chi connectivity index (χ2n) is 4.72. The zero-order chi connectivity index (χ0) is 13.0. The molecule has 0 aromatic heterocycles. The van der Waals surface area contributed by atoms with E-state index in [1.165, 1.54) is 5.56 Å². The van der Waals surface area contributed by atoms with Crippen molar-refractivity contribution in [2.45, 2.75) is 32.9 Å². The van der Waals surface area contributed by atoms with Crippen molar-refractivity contribution >= 4 is 12.4 Å². The van der Waals surface area contributed by atoms with Gasteiger partial charge in [-0.15, -0.1) is 0 Å². The Balaban J connectivity index is 3.03. The van der Waals surface area contributed by atoms with Crippen LogP contribution < -0.4 is 5.64 Å². The van der Waals surface area contributed by atoms with E-state index in [2.05, 4.69) is 25.6 Å². The van der Waals surface area contributed by atoms with Crippen molar-refractivity contribution in [2.75, 3.05) is 0 Å². The highest BCUT2D eigenvalue weighted by Crippen LogP contribution is 2.24. The van der Waals surface area contributed by atoms with E-state index in [1.54, 1.807) is 0 Å². The summed E-state index contributed by atoms with van der Waals surface area (Å²) in [6, 6.07) is 8.13. The Morgan fingerprint density at radius 1 is 1.59 bits per heavy atom. The summed E-state index contributed by atoms with van der Waals surface area (Å²) in [6.45, 7) is 10.2. The Kier molecular flexibility index (Phi) is 4.54. The van der Waals surface area contributed by atoms with Gasteiger partial charge in [-0.2, -0.15) is 5.26 Å². The Labute approximate surface area is 104 Å². The largest absolute Gasteiger partial charge is 0.370 e. The summed E-state index contributed by atoms with van der Waals surface area (Å²) in [5.74, 6) is 0.430. The predicted octanol–water partition coefficient (Wildman–Crippen LogP) is 3.04. The van der Waals surface area contributed by atoms with Crippen molar-refractivity contribution in [2.24, 2.45) is 5.64 Å². The van der Waals surface area contributed by atoms with Gasteiger partial charge in [0.1, 0.15) is 0 Å². The molecule has 0 amide bonds. The molecule has 0 saturated carbocycles. The SMILES string of the molecule is C=C(C#N)c1cccc(CC(C)B(C)N)c1C. The molecule has 1 aromatic carbocycles. The quantitative estimate of drug-likeness (QED) is 0.633. The second-order valence-corrected chi connectivity index (χ2v) is 4.72. The maximum Gasteiger partial charge on any atom is 0.217 e. The Hall–Kier alpha value is -1.53. The molecule has 0 radical (unpaired) electrons. The number of nitrogens with zero attached hydrogens (tertiary/aromatic N) is 1. The van der Waals surface area contributed by atoms with E-state index in [0.717, 1.165) is 17.5 Å². The van der Waals surface area contributed by atoms with Crippen molar-refractivity contribution in [3.63, 3.8) is 0 Å². The van der Waals surface area contributed by atoms with Crippen LogP contribution in [0.4, 0.5) is 0 Å². The molecule has 2 N–H and O–H groups in total. The number of rotatable bonds is 4. The average Bonchev–Trinajstić information content (AvgIpc) is 2.30. The maximum absolute atomic E-state index is 8.90. The minimum Gasteiger partial charge on any atom is -0.370 e. The predicted molar refractivity (Wildman–Crippen MR) is 74.8 cm³/mol. The van der Waals surface area contributed by atoms with E-state index in [-0.39, 0.29) is 6.85 Å². The molecular formula is C14H19BN2. The fraction of sp³-hybridized carbons (Fsp3) is 0.357. The number of allylic oxidation sites excluding steroid dienone is 1. The Bertz CT molecular complexity index is 458. The van der Waals surface area contributed by atoms with Crippen LogP contribution in [0.15, 0.2) is 24.8 Å². The van der Waals surface area contributed by atoms with Gasteiger partial charge in [0.15, 0.2) is 0 Å². The Morgan fingerprint density at radius 3 is 2.76 bits per heavy atom. The van der Waals surface area contributed by atoms with Crippen molar-refractivity contribution in [1.29, 1.82) is 5.26 Å². The molecule has 0 aliphatic rings. The number of hydrogen-bond acceptors (Lipinski definition) is 2. The summed E-state index contributed by atoms with van der Waals surface area (Å²) in [5, 5.41) is 8.90. The third-order valence-electron chi connectivity index (χ3n) is 3.35. The van der Waals surface area contributed by atoms with Crippen LogP contribution >= 0.6 is 0 Å². The molecule has 1 atom stereocenters. The third kappa shape index (κ3) is 3.21. The van der Waals surface area contributed by atoms with Crippen molar-refractivity contribution in [3.05, 3.63) is 41.5 Å². The van der Waals surface area contributed by atoms with Crippen molar-refractivity contribution in [3.8, 4) is 6.07 Å². The molecule has 3 heteroatoms. The minimum absolute atomic E-state index is 0.178. The van der Waals surface area contributed by atoms with Crippen LogP contribution in [-0.4, -0.2) is 6.85 Å². The van der Waals surface area contributed by atoms with Gasteiger partial charge in [-0.3, -0.25) is 0 Å². The molecule has 1 rings (SSSR count). The fourth-order valence-corrected chi connectivity index (χ4v) is 1.82. The molecule has 0 aliphatic heterocycles. The summed E-state index contributed by atoms with van der Waals surface area (Å²) in [4.78, 5) is 0. The minimum atomic E-state index is 0.178. The standard InChI is InChI=1S/C14H19BN2/c1-10(9-16)14-7-5-6-13(12(14)3)8-11(2)15(4)17/h5-7,11H,1,8,17H2,2-4H3. The van der Waals surface area contributed by atoms with Gasteiger partial charge in [0.05, 0.1) is 11.6 Å². The van der Waals surface area contributed by atoms with Gasteiger partial charge in [-0.05, 0) is 35.9 Å². The molecule has 0 spiro atoms. The van der Waals surface area contributed by atoms with E-state index in [0.29, 0.717) is 11.4 Å². The molecule has 0 bridgehead atoms. The van der Waals surface area contributed by atoms with Gasteiger partial charge in [-0.1, -0.05) is 38.5 Å². The molecule has 0 aliphatic carbocycles. The maximum atomic E-state index is 8.90. The van der Waals surface area contributed by atoms with Crippen LogP contribution in [0.2, 0.25) is 12.6 Å². The van der Waals surface area contributed by atoms with E-state index >= 15 is 0 Å². The highest BCUT2D eigenvalue weighted by molar-refractivity contribution is 6.55. The highest BCUT2D eigenvalue weighted by atomic mass is 14.4. The van der Waals surface area contributed by atoms with Gasteiger partial charge in [0.25, 0.3) is 0 Å². The van der Waals surface area contributed by atoms with Crippen LogP contribution in [0, 0.1) is 18.3 Å². The second kappa shape index (κ2) is 5.70. The van der Waals surface area contributed by atoms with Crippen LogP contribution in [0.5, 0.6) is 0 Å².